The van der Waals surface area contributed by atoms with Crippen LogP contribution in [0.15, 0.2) is 15.6 Å². The molecule has 7 nitrogen and oxygen atoms in total. The van der Waals surface area contributed by atoms with Crippen molar-refractivity contribution >= 4 is 5.96 Å². The van der Waals surface area contributed by atoms with Gasteiger partial charge in [0.05, 0.1) is 12.2 Å². The van der Waals surface area contributed by atoms with Crippen LogP contribution in [-0.2, 0) is 6.54 Å². The molecule has 0 atom stereocenters. The van der Waals surface area contributed by atoms with Gasteiger partial charge in [-0.15, -0.1) is 0 Å². The number of hydrogen-bond donors (Lipinski definition) is 2. The molecule has 0 amide bonds. The Labute approximate surface area is 164 Å². The summed E-state index contributed by atoms with van der Waals surface area (Å²) in [6, 6.07) is 2.06. The zero-order valence-electron chi connectivity index (χ0n) is 17.6. The Morgan fingerprint density at radius 1 is 1.22 bits per heavy atom. The molecule has 2 rings (SSSR count). The summed E-state index contributed by atoms with van der Waals surface area (Å²) in [7, 11) is 4.01. The van der Waals surface area contributed by atoms with E-state index in [4.69, 9.17) is 4.52 Å². The fourth-order valence-corrected chi connectivity index (χ4v) is 3.54. The van der Waals surface area contributed by atoms with Crippen molar-refractivity contribution in [2.24, 2.45) is 4.99 Å². The van der Waals surface area contributed by atoms with E-state index in [0.717, 1.165) is 49.8 Å². The predicted molar refractivity (Wildman–Crippen MR) is 111 cm³/mol. The SMILES string of the molecule is CCC(CC)c1cc(CNC(=NC)NCCCN2CCCN(C)CC2)on1. The van der Waals surface area contributed by atoms with Gasteiger partial charge in [-0.2, -0.15) is 0 Å². The Bertz CT molecular complexity index is 554. The van der Waals surface area contributed by atoms with E-state index in [-0.39, 0.29) is 0 Å². The van der Waals surface area contributed by atoms with Crippen LogP contribution < -0.4 is 10.6 Å². The molecule has 0 aromatic carbocycles. The summed E-state index contributed by atoms with van der Waals surface area (Å²) in [4.78, 5) is 9.28. The molecule has 1 aliphatic rings. The van der Waals surface area contributed by atoms with Crippen LogP contribution >= 0.6 is 0 Å². The highest BCUT2D eigenvalue weighted by molar-refractivity contribution is 5.79. The van der Waals surface area contributed by atoms with Gasteiger partial charge in [0.25, 0.3) is 0 Å². The average molecular weight is 379 g/mol. The van der Waals surface area contributed by atoms with E-state index >= 15 is 0 Å². The molecule has 0 aliphatic carbocycles. The van der Waals surface area contributed by atoms with Gasteiger partial charge in [0, 0.05) is 38.7 Å². The van der Waals surface area contributed by atoms with Crippen LogP contribution in [0.4, 0.5) is 0 Å². The number of likely N-dealkylation sites (N-methyl/N-ethyl adjacent to an activating group) is 1. The van der Waals surface area contributed by atoms with Gasteiger partial charge in [-0.3, -0.25) is 4.99 Å². The molecular weight excluding hydrogens is 340 g/mol. The summed E-state index contributed by atoms with van der Waals surface area (Å²) < 4.78 is 5.46. The Morgan fingerprint density at radius 3 is 2.78 bits per heavy atom. The lowest BCUT2D eigenvalue weighted by molar-refractivity contribution is 0.274. The van der Waals surface area contributed by atoms with E-state index in [1.165, 1.54) is 32.6 Å². The largest absolute Gasteiger partial charge is 0.359 e. The van der Waals surface area contributed by atoms with Crippen LogP contribution in [0.3, 0.4) is 0 Å². The molecule has 7 heteroatoms. The molecule has 0 bridgehead atoms. The van der Waals surface area contributed by atoms with Crippen LogP contribution in [0.5, 0.6) is 0 Å². The number of guanidine groups is 1. The summed E-state index contributed by atoms with van der Waals surface area (Å²) in [6.07, 6.45) is 4.56. The minimum atomic E-state index is 0.485. The number of hydrogen-bond acceptors (Lipinski definition) is 5. The number of nitrogens with zero attached hydrogens (tertiary/aromatic N) is 4. The Morgan fingerprint density at radius 2 is 2.04 bits per heavy atom. The molecule has 2 heterocycles. The molecule has 0 saturated carbocycles. The van der Waals surface area contributed by atoms with Gasteiger partial charge >= 0.3 is 0 Å². The van der Waals surface area contributed by atoms with Gasteiger partial charge in [-0.05, 0) is 52.4 Å². The summed E-state index contributed by atoms with van der Waals surface area (Å²) in [5, 5.41) is 10.9. The smallest absolute Gasteiger partial charge is 0.191 e. The molecule has 0 spiro atoms. The lowest BCUT2D eigenvalue weighted by atomic mass is 9.99. The maximum atomic E-state index is 5.46. The number of aromatic nitrogens is 1. The third-order valence-corrected chi connectivity index (χ3v) is 5.39. The van der Waals surface area contributed by atoms with Crippen molar-refractivity contribution in [2.75, 3.05) is 53.4 Å². The standard InChI is InChI=1S/C20H38N6O/c1-5-17(6-2)19-15-18(27-24-19)16-23-20(21-3)22-9-7-11-26-12-8-10-25(4)13-14-26/h15,17H,5-14,16H2,1-4H3,(H2,21,22,23). The highest BCUT2D eigenvalue weighted by Gasteiger charge is 2.13. The van der Waals surface area contributed by atoms with Gasteiger partial charge in [-0.1, -0.05) is 19.0 Å². The topological polar surface area (TPSA) is 68.9 Å². The Balaban J connectivity index is 1.66. The first-order valence-corrected chi connectivity index (χ1v) is 10.5. The van der Waals surface area contributed by atoms with E-state index in [2.05, 4.69) is 57.5 Å². The molecular formula is C20H38N6O. The third kappa shape index (κ3) is 7.50. The van der Waals surface area contributed by atoms with Gasteiger partial charge < -0.3 is 25.0 Å². The maximum Gasteiger partial charge on any atom is 0.191 e. The molecule has 1 saturated heterocycles. The van der Waals surface area contributed by atoms with Gasteiger partial charge in [0.15, 0.2) is 11.7 Å². The fourth-order valence-electron chi connectivity index (χ4n) is 3.54. The molecule has 1 aliphatic heterocycles. The van der Waals surface area contributed by atoms with Crippen LogP contribution in [0.25, 0.3) is 0 Å². The maximum absolute atomic E-state index is 5.46. The molecule has 1 fully saturated rings. The Kier molecular flexibility index (Phi) is 9.62. The number of nitrogens with one attached hydrogen (secondary N) is 2. The van der Waals surface area contributed by atoms with Gasteiger partial charge in [0.2, 0.25) is 0 Å². The fraction of sp³-hybridized carbons (Fsp3) is 0.800. The van der Waals surface area contributed by atoms with E-state index in [0.29, 0.717) is 12.5 Å². The van der Waals surface area contributed by atoms with Crippen molar-refractivity contribution in [3.05, 3.63) is 17.5 Å². The zero-order chi connectivity index (χ0) is 19.5. The summed E-state index contributed by atoms with van der Waals surface area (Å²) >= 11 is 0. The molecule has 2 N–H and O–H groups in total. The first-order chi connectivity index (χ1) is 13.2. The van der Waals surface area contributed by atoms with Crippen LogP contribution in [0, 0.1) is 0 Å². The molecule has 0 radical (unpaired) electrons. The molecule has 1 aromatic heterocycles. The first-order valence-electron chi connectivity index (χ1n) is 10.5. The summed E-state index contributed by atoms with van der Waals surface area (Å²) in [6.45, 7) is 11.8. The van der Waals surface area contributed by atoms with Crippen LogP contribution in [0.1, 0.15) is 56.9 Å². The molecule has 27 heavy (non-hydrogen) atoms. The highest BCUT2D eigenvalue weighted by atomic mass is 16.5. The number of aliphatic imine (C=N–C) groups is 1. The highest BCUT2D eigenvalue weighted by Crippen LogP contribution is 2.22. The second-order valence-corrected chi connectivity index (χ2v) is 7.44. The first kappa shape index (κ1) is 21.7. The summed E-state index contributed by atoms with van der Waals surface area (Å²) in [5.41, 5.74) is 1.06. The monoisotopic (exact) mass is 378 g/mol. The van der Waals surface area contributed by atoms with Crippen LogP contribution in [-0.4, -0.2) is 74.3 Å². The van der Waals surface area contributed by atoms with Crippen molar-refractivity contribution in [3.63, 3.8) is 0 Å². The van der Waals surface area contributed by atoms with Crippen molar-refractivity contribution in [1.82, 2.24) is 25.6 Å². The lowest BCUT2D eigenvalue weighted by Crippen LogP contribution is -2.38. The average Bonchev–Trinajstić information content (AvgIpc) is 3.04. The third-order valence-electron chi connectivity index (χ3n) is 5.39. The molecule has 154 valence electrons. The summed E-state index contributed by atoms with van der Waals surface area (Å²) in [5.74, 6) is 2.15. The zero-order valence-corrected chi connectivity index (χ0v) is 17.6. The lowest BCUT2D eigenvalue weighted by Gasteiger charge is -2.20. The normalized spacial score (nSPS) is 17.3. The number of rotatable bonds is 9. The van der Waals surface area contributed by atoms with E-state index in [1.807, 2.05) is 0 Å². The molecule has 1 aromatic rings. The van der Waals surface area contributed by atoms with Crippen molar-refractivity contribution in [1.29, 1.82) is 0 Å². The quantitative estimate of drug-likeness (QED) is 0.390. The van der Waals surface area contributed by atoms with Crippen molar-refractivity contribution in [2.45, 2.75) is 52.0 Å². The van der Waals surface area contributed by atoms with Gasteiger partial charge in [0.1, 0.15) is 0 Å². The van der Waals surface area contributed by atoms with Crippen molar-refractivity contribution in [3.8, 4) is 0 Å². The van der Waals surface area contributed by atoms with Crippen molar-refractivity contribution < 1.29 is 4.52 Å². The molecule has 0 unspecified atom stereocenters. The van der Waals surface area contributed by atoms with Crippen LogP contribution in [0.2, 0.25) is 0 Å². The van der Waals surface area contributed by atoms with E-state index in [9.17, 15) is 0 Å². The predicted octanol–water partition coefficient (Wildman–Crippen LogP) is 2.27. The van der Waals surface area contributed by atoms with E-state index in [1.54, 1.807) is 7.05 Å². The second kappa shape index (κ2) is 12.0. The Hall–Kier alpha value is -1.60. The minimum Gasteiger partial charge on any atom is -0.359 e. The second-order valence-electron chi connectivity index (χ2n) is 7.44. The van der Waals surface area contributed by atoms with E-state index < -0.39 is 0 Å². The van der Waals surface area contributed by atoms with Gasteiger partial charge in [-0.25, -0.2) is 0 Å². The minimum absolute atomic E-state index is 0.485.